The number of β-amino-alcohol motifs (C(OH)–C–C–N with tert-alkyl or cyclic N) is 1. The fourth-order valence-electron chi connectivity index (χ4n) is 3.37. The smallest absolute Gasteiger partial charge is 0.287 e. The van der Waals surface area contributed by atoms with Crippen molar-refractivity contribution in [1.82, 2.24) is 9.88 Å². The highest BCUT2D eigenvalue weighted by Crippen LogP contribution is 2.26. The number of nitrogens with zero attached hydrogens (tertiary/aromatic N) is 4. The molecule has 0 radical (unpaired) electrons. The minimum Gasteiger partial charge on any atom is -0.389 e. The van der Waals surface area contributed by atoms with Crippen LogP contribution in [0.5, 0.6) is 0 Å². The summed E-state index contributed by atoms with van der Waals surface area (Å²) < 4.78 is 0. The molecule has 7 heteroatoms. The minimum absolute atomic E-state index is 0.0134. The van der Waals surface area contributed by atoms with Crippen LogP contribution >= 0.6 is 0 Å². The molecule has 2 rings (SSSR count). The third-order valence-electron chi connectivity index (χ3n) is 4.58. The van der Waals surface area contributed by atoms with Crippen molar-refractivity contribution in [3.63, 3.8) is 0 Å². The molecule has 1 aromatic rings. The summed E-state index contributed by atoms with van der Waals surface area (Å²) in [6, 6.07) is 3.86. The molecular weight excluding hydrogens is 308 g/mol. The van der Waals surface area contributed by atoms with Gasteiger partial charge in [0.15, 0.2) is 0 Å². The zero-order valence-electron chi connectivity index (χ0n) is 15.0. The van der Waals surface area contributed by atoms with E-state index in [1.807, 2.05) is 13.8 Å². The van der Waals surface area contributed by atoms with Gasteiger partial charge in [-0.2, -0.15) is 0 Å². The molecule has 1 fully saturated rings. The highest BCUT2D eigenvalue weighted by atomic mass is 16.6. The van der Waals surface area contributed by atoms with E-state index in [-0.39, 0.29) is 11.7 Å². The van der Waals surface area contributed by atoms with Gasteiger partial charge in [-0.1, -0.05) is 13.8 Å². The van der Waals surface area contributed by atoms with Crippen LogP contribution in [0.4, 0.5) is 11.5 Å². The number of piperazine rings is 1. The number of hydrogen-bond donors (Lipinski definition) is 1. The lowest BCUT2D eigenvalue weighted by Crippen LogP contribution is -2.60. The number of anilines is 1. The third-order valence-corrected chi connectivity index (χ3v) is 4.58. The first-order valence-electron chi connectivity index (χ1n) is 8.58. The van der Waals surface area contributed by atoms with Crippen molar-refractivity contribution in [3.05, 3.63) is 28.4 Å². The van der Waals surface area contributed by atoms with Gasteiger partial charge in [0.1, 0.15) is 12.0 Å². The molecule has 2 heterocycles. The summed E-state index contributed by atoms with van der Waals surface area (Å²) in [6.07, 6.45) is 3.26. The number of nitro groups is 1. The quantitative estimate of drug-likeness (QED) is 0.634. The molecule has 1 aliphatic heterocycles. The normalized spacial score (nSPS) is 22.6. The lowest BCUT2D eigenvalue weighted by molar-refractivity contribution is -0.385. The molecule has 1 saturated heterocycles. The van der Waals surface area contributed by atoms with Gasteiger partial charge in [0.2, 0.25) is 0 Å². The molecule has 7 nitrogen and oxygen atoms in total. The van der Waals surface area contributed by atoms with Crippen LogP contribution in [0.1, 0.15) is 40.5 Å². The summed E-state index contributed by atoms with van der Waals surface area (Å²) in [6.45, 7) is 10.3. The molecule has 1 aliphatic rings. The number of aromatic nitrogens is 1. The summed E-state index contributed by atoms with van der Waals surface area (Å²) >= 11 is 0. The van der Waals surface area contributed by atoms with E-state index in [9.17, 15) is 15.2 Å². The maximum Gasteiger partial charge on any atom is 0.287 e. The molecule has 2 atom stereocenters. The van der Waals surface area contributed by atoms with Crippen molar-refractivity contribution in [2.24, 2.45) is 0 Å². The topological polar surface area (TPSA) is 82.7 Å². The van der Waals surface area contributed by atoms with Crippen LogP contribution in [0.25, 0.3) is 0 Å². The fraction of sp³-hybridized carbons (Fsp3) is 0.706. The van der Waals surface area contributed by atoms with Gasteiger partial charge in [0.25, 0.3) is 5.69 Å². The first-order valence-corrected chi connectivity index (χ1v) is 8.58. The maximum absolute atomic E-state index is 10.8. The second-order valence-corrected chi connectivity index (χ2v) is 7.15. The van der Waals surface area contributed by atoms with Crippen molar-refractivity contribution < 1.29 is 10.0 Å². The molecule has 2 unspecified atom stereocenters. The van der Waals surface area contributed by atoms with Crippen LogP contribution in [-0.4, -0.2) is 57.2 Å². The summed E-state index contributed by atoms with van der Waals surface area (Å²) in [5, 5.41) is 21.0. The Morgan fingerprint density at radius 2 is 1.96 bits per heavy atom. The van der Waals surface area contributed by atoms with Gasteiger partial charge >= 0.3 is 0 Å². The van der Waals surface area contributed by atoms with Crippen LogP contribution in [0, 0.1) is 10.1 Å². The summed E-state index contributed by atoms with van der Waals surface area (Å²) in [7, 11) is 0. The van der Waals surface area contributed by atoms with Crippen LogP contribution in [0.15, 0.2) is 18.3 Å². The predicted octanol–water partition coefficient (Wildman–Crippen LogP) is 2.44. The Labute approximate surface area is 143 Å². The van der Waals surface area contributed by atoms with Crippen LogP contribution in [-0.2, 0) is 0 Å². The zero-order valence-corrected chi connectivity index (χ0v) is 15.0. The number of aliphatic hydroxyl groups is 1. The first kappa shape index (κ1) is 18.6. The fourth-order valence-corrected chi connectivity index (χ4v) is 3.37. The molecule has 0 aromatic carbocycles. The van der Waals surface area contributed by atoms with E-state index in [1.165, 1.54) is 12.3 Å². The lowest BCUT2D eigenvalue weighted by atomic mass is 9.99. The van der Waals surface area contributed by atoms with E-state index < -0.39 is 10.5 Å². The van der Waals surface area contributed by atoms with Crippen LogP contribution in [0.3, 0.4) is 0 Å². The largest absolute Gasteiger partial charge is 0.389 e. The monoisotopic (exact) mass is 336 g/mol. The molecular formula is C17H28N4O3. The molecule has 0 spiro atoms. The van der Waals surface area contributed by atoms with E-state index in [1.54, 1.807) is 6.07 Å². The average Bonchev–Trinajstić information content (AvgIpc) is 2.53. The summed E-state index contributed by atoms with van der Waals surface area (Å²) in [5.74, 6) is 0.786. The highest BCUT2D eigenvalue weighted by molar-refractivity contribution is 5.44. The maximum atomic E-state index is 10.8. The number of pyridine rings is 1. The average molecular weight is 336 g/mol. The van der Waals surface area contributed by atoms with Crippen molar-refractivity contribution >= 4 is 11.5 Å². The Hall–Kier alpha value is -1.73. The predicted molar refractivity (Wildman–Crippen MR) is 94.3 cm³/mol. The van der Waals surface area contributed by atoms with E-state index in [4.69, 9.17) is 0 Å². The van der Waals surface area contributed by atoms with E-state index in [0.717, 1.165) is 31.7 Å². The van der Waals surface area contributed by atoms with Crippen molar-refractivity contribution in [2.45, 2.75) is 58.2 Å². The Balaban J connectivity index is 2.20. The van der Waals surface area contributed by atoms with Gasteiger partial charge in [0.05, 0.1) is 10.5 Å². The molecule has 1 aromatic heterocycles. The first-order chi connectivity index (χ1) is 11.2. The minimum atomic E-state index is -0.723. The second kappa shape index (κ2) is 7.44. The van der Waals surface area contributed by atoms with Crippen molar-refractivity contribution in [3.8, 4) is 0 Å². The second-order valence-electron chi connectivity index (χ2n) is 7.15. The van der Waals surface area contributed by atoms with Gasteiger partial charge in [0, 0.05) is 37.8 Å². The third kappa shape index (κ3) is 4.42. The van der Waals surface area contributed by atoms with Gasteiger partial charge in [-0.15, -0.1) is 0 Å². The van der Waals surface area contributed by atoms with Gasteiger partial charge in [-0.05, 0) is 32.8 Å². The van der Waals surface area contributed by atoms with Crippen molar-refractivity contribution in [2.75, 3.05) is 24.5 Å². The van der Waals surface area contributed by atoms with E-state index in [0.29, 0.717) is 12.6 Å². The van der Waals surface area contributed by atoms with E-state index in [2.05, 4.69) is 28.6 Å². The Morgan fingerprint density at radius 3 is 2.42 bits per heavy atom. The lowest BCUT2D eigenvalue weighted by Gasteiger charge is -2.48. The zero-order chi connectivity index (χ0) is 17.9. The number of rotatable bonds is 6. The Morgan fingerprint density at radius 1 is 1.29 bits per heavy atom. The molecule has 0 saturated carbocycles. The van der Waals surface area contributed by atoms with E-state index >= 15 is 0 Å². The standard InChI is InChI=1S/C17H28N4O3/c1-5-13-11-20(16-8-7-15(9-18-16)21(23)24)14(6-2)10-19(13)12-17(3,4)22/h7-9,13-14,22H,5-6,10-12H2,1-4H3. The van der Waals surface area contributed by atoms with Gasteiger partial charge < -0.3 is 10.0 Å². The molecule has 134 valence electrons. The Kier molecular flexibility index (Phi) is 5.77. The molecule has 0 aliphatic carbocycles. The SMILES string of the molecule is CCC1CN(c2ccc([N+](=O)[O-])cn2)C(CC)CN1CC(C)(C)O. The molecule has 0 bridgehead atoms. The molecule has 0 amide bonds. The summed E-state index contributed by atoms with van der Waals surface area (Å²) in [5.41, 5.74) is -0.709. The van der Waals surface area contributed by atoms with Gasteiger partial charge in [-0.3, -0.25) is 15.0 Å². The van der Waals surface area contributed by atoms with Crippen LogP contribution < -0.4 is 4.90 Å². The highest BCUT2D eigenvalue weighted by Gasteiger charge is 2.35. The molecule has 1 N–H and O–H groups in total. The molecule has 24 heavy (non-hydrogen) atoms. The van der Waals surface area contributed by atoms with Crippen molar-refractivity contribution in [1.29, 1.82) is 0 Å². The number of hydrogen-bond acceptors (Lipinski definition) is 6. The Bertz CT molecular complexity index is 556. The summed E-state index contributed by atoms with van der Waals surface area (Å²) in [4.78, 5) is 19.3. The van der Waals surface area contributed by atoms with Crippen LogP contribution in [0.2, 0.25) is 0 Å². The van der Waals surface area contributed by atoms with Gasteiger partial charge in [-0.25, -0.2) is 4.98 Å².